The van der Waals surface area contributed by atoms with Crippen LogP contribution in [0.1, 0.15) is 62.8 Å². The molecule has 41 heavy (non-hydrogen) atoms. The molecule has 1 aliphatic carbocycles. The van der Waals surface area contributed by atoms with Gasteiger partial charge in [-0.3, -0.25) is 4.79 Å². The van der Waals surface area contributed by atoms with E-state index >= 15 is 0 Å². The van der Waals surface area contributed by atoms with Crippen molar-refractivity contribution in [3.63, 3.8) is 0 Å². The Balaban J connectivity index is 0.988. The Morgan fingerprint density at radius 2 is 1.46 bits per heavy atom. The van der Waals surface area contributed by atoms with Gasteiger partial charge in [0.25, 0.3) is 0 Å². The number of H-pyrrole nitrogens is 1. The maximum absolute atomic E-state index is 11.3. The average molecular weight is 554 g/mol. The minimum atomic E-state index is -0.611. The molecule has 2 saturated heterocycles. The van der Waals surface area contributed by atoms with Crippen molar-refractivity contribution in [3.8, 4) is 17.0 Å². The smallest absolute Gasteiger partial charge is 0.306 e. The van der Waals surface area contributed by atoms with Crippen LogP contribution in [0, 0.1) is 5.92 Å². The van der Waals surface area contributed by atoms with Gasteiger partial charge in [-0.1, -0.05) is 18.2 Å². The van der Waals surface area contributed by atoms with E-state index in [1.807, 2.05) is 24.3 Å². The molecule has 8 nitrogen and oxygen atoms in total. The third-order valence-electron chi connectivity index (χ3n) is 10.1. The third kappa shape index (κ3) is 5.19. The van der Waals surface area contributed by atoms with Crippen LogP contribution in [0.5, 0.6) is 5.75 Å². The summed E-state index contributed by atoms with van der Waals surface area (Å²) in [7, 11) is 0. The van der Waals surface area contributed by atoms with Crippen LogP contribution < -0.4 is 0 Å². The highest BCUT2D eigenvalue weighted by atomic mass is 16.4. The molecule has 3 aliphatic rings. The summed E-state index contributed by atoms with van der Waals surface area (Å²) < 4.78 is 0. The van der Waals surface area contributed by atoms with Crippen molar-refractivity contribution in [3.05, 3.63) is 54.1 Å². The zero-order chi connectivity index (χ0) is 27.9. The number of benzene rings is 2. The molecule has 4 aromatic rings. The monoisotopic (exact) mass is 553 g/mol. The van der Waals surface area contributed by atoms with Crippen LogP contribution in [0.15, 0.2) is 48.5 Å². The maximum Gasteiger partial charge on any atom is 0.306 e. The van der Waals surface area contributed by atoms with Crippen molar-refractivity contribution >= 4 is 27.9 Å². The minimum absolute atomic E-state index is 0.128. The summed E-state index contributed by atoms with van der Waals surface area (Å²) in [5.41, 5.74) is 4.59. The average Bonchev–Trinajstić information content (AvgIpc) is 3.39. The fourth-order valence-electron chi connectivity index (χ4n) is 7.69. The Morgan fingerprint density at radius 1 is 0.780 bits per heavy atom. The number of phenolic OH excluding ortho intramolecular Hbond substituents is 1. The number of aliphatic carboxylic acids is 1. The van der Waals surface area contributed by atoms with E-state index in [0.29, 0.717) is 29.3 Å². The Kier molecular flexibility index (Phi) is 7.13. The second kappa shape index (κ2) is 11.1. The van der Waals surface area contributed by atoms with Crippen LogP contribution in [0.25, 0.3) is 33.2 Å². The van der Waals surface area contributed by atoms with E-state index in [9.17, 15) is 15.0 Å². The Labute approximate surface area is 240 Å². The van der Waals surface area contributed by atoms with Gasteiger partial charge in [0.1, 0.15) is 5.75 Å². The lowest BCUT2D eigenvalue weighted by Gasteiger charge is -2.45. The number of carboxylic acid groups (broad SMARTS) is 1. The molecule has 3 fully saturated rings. The first kappa shape index (κ1) is 26.4. The van der Waals surface area contributed by atoms with E-state index in [2.05, 4.69) is 43.2 Å². The van der Waals surface area contributed by atoms with Crippen molar-refractivity contribution in [2.75, 3.05) is 26.2 Å². The number of rotatable bonds is 5. The summed E-state index contributed by atoms with van der Waals surface area (Å²) in [6, 6.07) is 17.3. The van der Waals surface area contributed by atoms with Gasteiger partial charge >= 0.3 is 5.97 Å². The number of carboxylic acids is 1. The van der Waals surface area contributed by atoms with E-state index in [-0.39, 0.29) is 11.7 Å². The topological polar surface area (TPSA) is 106 Å². The molecule has 2 aromatic carbocycles. The Bertz CT molecular complexity index is 1540. The van der Waals surface area contributed by atoms with Gasteiger partial charge in [-0.05, 0) is 119 Å². The number of hydrogen-bond acceptors (Lipinski definition) is 6. The Hall–Kier alpha value is -3.49. The molecule has 4 heterocycles. The molecule has 2 aromatic heterocycles. The number of nitrogens with one attached hydrogen (secondary N) is 1. The van der Waals surface area contributed by atoms with Gasteiger partial charge in [-0.25, -0.2) is 0 Å². The fourth-order valence-corrected chi connectivity index (χ4v) is 7.69. The lowest BCUT2D eigenvalue weighted by Crippen LogP contribution is -2.50. The number of nitrogens with zero attached hydrogens (tertiary/aromatic N) is 4. The van der Waals surface area contributed by atoms with Gasteiger partial charge in [0.15, 0.2) is 5.65 Å². The van der Waals surface area contributed by atoms with Crippen molar-refractivity contribution in [2.45, 2.75) is 69.4 Å². The van der Waals surface area contributed by atoms with Gasteiger partial charge in [0.2, 0.25) is 0 Å². The van der Waals surface area contributed by atoms with Crippen LogP contribution >= 0.6 is 0 Å². The molecule has 0 unspecified atom stereocenters. The van der Waals surface area contributed by atoms with Gasteiger partial charge < -0.3 is 25.0 Å². The second-order valence-electron chi connectivity index (χ2n) is 12.4. The van der Waals surface area contributed by atoms with E-state index < -0.39 is 5.97 Å². The number of hydrogen-bond donors (Lipinski definition) is 3. The zero-order valence-corrected chi connectivity index (χ0v) is 23.5. The Morgan fingerprint density at radius 3 is 2.17 bits per heavy atom. The molecular formula is C33H39N5O3. The highest BCUT2D eigenvalue weighted by Crippen LogP contribution is 2.36. The lowest BCUT2D eigenvalue weighted by atomic mass is 9.84. The van der Waals surface area contributed by atoms with Crippen LogP contribution in [-0.4, -0.2) is 79.4 Å². The highest BCUT2D eigenvalue weighted by molar-refractivity contribution is 6.06. The number of likely N-dealkylation sites (tertiary alicyclic amines) is 2. The van der Waals surface area contributed by atoms with E-state index in [4.69, 9.17) is 0 Å². The largest absolute Gasteiger partial charge is 0.507 e. The van der Waals surface area contributed by atoms with Crippen LogP contribution in [-0.2, 0) is 4.79 Å². The first-order valence-electron chi connectivity index (χ1n) is 15.3. The van der Waals surface area contributed by atoms with Gasteiger partial charge in [0.05, 0.1) is 11.6 Å². The van der Waals surface area contributed by atoms with Crippen molar-refractivity contribution in [1.82, 2.24) is 25.0 Å². The molecule has 1 saturated carbocycles. The number of phenols is 1. The van der Waals surface area contributed by atoms with Gasteiger partial charge in [-0.15, -0.1) is 10.2 Å². The number of carbonyl (C=O) groups is 1. The quantitative estimate of drug-likeness (QED) is 0.288. The summed E-state index contributed by atoms with van der Waals surface area (Å²) in [5, 5.41) is 30.6. The number of aromatic hydroxyl groups is 1. The first-order valence-corrected chi connectivity index (χ1v) is 15.3. The summed E-state index contributed by atoms with van der Waals surface area (Å²) in [4.78, 5) is 20.1. The molecule has 2 aliphatic heterocycles. The maximum atomic E-state index is 11.3. The predicted molar refractivity (Wildman–Crippen MR) is 160 cm³/mol. The van der Waals surface area contributed by atoms with E-state index in [1.165, 1.54) is 31.2 Å². The molecule has 214 valence electrons. The molecule has 0 spiro atoms. The van der Waals surface area contributed by atoms with Crippen LogP contribution in [0.2, 0.25) is 0 Å². The number of fused-ring (bicyclic) bond motifs is 3. The SMILES string of the molecule is O=C(O)C1CCC(N2CCC(N3CCC(c4ccc5[nH]c6nnc(-c7ccccc7O)cc6c5c4)CC3)CC2)CC1. The van der Waals surface area contributed by atoms with E-state index in [0.717, 1.165) is 73.8 Å². The minimum Gasteiger partial charge on any atom is -0.507 e. The van der Waals surface area contributed by atoms with Crippen molar-refractivity contribution in [1.29, 1.82) is 0 Å². The summed E-state index contributed by atoms with van der Waals surface area (Å²) >= 11 is 0. The number of para-hydroxylation sites is 1. The van der Waals surface area contributed by atoms with Gasteiger partial charge in [-0.2, -0.15) is 0 Å². The number of aromatic nitrogens is 3. The summed E-state index contributed by atoms with van der Waals surface area (Å²) in [5.74, 6) is 0.0239. The molecular weight excluding hydrogens is 514 g/mol. The second-order valence-corrected chi connectivity index (χ2v) is 12.4. The fraction of sp³-hybridized carbons (Fsp3) is 0.485. The summed E-state index contributed by atoms with van der Waals surface area (Å²) in [6.45, 7) is 4.59. The molecule has 7 rings (SSSR count). The summed E-state index contributed by atoms with van der Waals surface area (Å²) in [6.07, 6.45) is 8.56. The molecule has 0 atom stereocenters. The van der Waals surface area contributed by atoms with Crippen molar-refractivity contribution in [2.24, 2.45) is 5.92 Å². The molecule has 0 radical (unpaired) electrons. The van der Waals surface area contributed by atoms with Crippen molar-refractivity contribution < 1.29 is 15.0 Å². The third-order valence-corrected chi connectivity index (χ3v) is 10.1. The van der Waals surface area contributed by atoms with E-state index in [1.54, 1.807) is 6.07 Å². The van der Waals surface area contributed by atoms with Crippen LogP contribution in [0.4, 0.5) is 0 Å². The number of piperidine rings is 2. The molecule has 0 bridgehead atoms. The normalized spacial score (nSPS) is 23.8. The van der Waals surface area contributed by atoms with Gasteiger partial charge in [0, 0.05) is 33.9 Å². The lowest BCUT2D eigenvalue weighted by molar-refractivity contribution is -0.143. The zero-order valence-electron chi connectivity index (χ0n) is 23.5. The molecule has 0 amide bonds. The predicted octanol–water partition coefficient (Wildman–Crippen LogP) is 5.77. The first-order chi connectivity index (χ1) is 20.0. The highest BCUT2D eigenvalue weighted by Gasteiger charge is 2.33. The number of aromatic amines is 1. The van der Waals surface area contributed by atoms with Crippen LogP contribution in [0.3, 0.4) is 0 Å². The molecule has 3 N–H and O–H groups in total. The molecule has 8 heteroatoms. The standard InChI is InChI=1S/C33H39N5O3/c39-31-4-2-1-3-26(31)30-20-28-27-19-23(7-10-29(27)34-32(28)36-35-30)21-11-15-37(16-12-21)25-13-17-38(18-14-25)24-8-5-22(6-9-24)33(40)41/h1-4,7,10,19-22,24-25,39H,5-6,8-9,11-18H2,(H,34,36)(H,40,41).